The van der Waals surface area contributed by atoms with Crippen LogP contribution >= 0.6 is 22.6 Å². The Morgan fingerprint density at radius 1 is 1.28 bits per heavy atom. The maximum Gasteiger partial charge on any atom is 0.251 e. The van der Waals surface area contributed by atoms with Gasteiger partial charge in [0.05, 0.1) is 0 Å². The zero-order valence-electron chi connectivity index (χ0n) is 9.77. The first-order chi connectivity index (χ1) is 8.75. The molecule has 0 aliphatic carbocycles. The van der Waals surface area contributed by atoms with Crippen molar-refractivity contribution in [1.82, 2.24) is 10.3 Å². The van der Waals surface area contributed by atoms with Crippen molar-refractivity contribution in [2.24, 2.45) is 0 Å². The Kier molecular flexibility index (Phi) is 4.69. The Bertz CT molecular complexity index is 528. The number of hydrogen-bond donors (Lipinski definition) is 1. The summed E-state index contributed by atoms with van der Waals surface area (Å²) in [6, 6.07) is 11.5. The fraction of sp³-hybridized carbons (Fsp3) is 0.143. The maximum atomic E-state index is 11.9. The summed E-state index contributed by atoms with van der Waals surface area (Å²) in [6.07, 6.45) is 4.36. The number of aromatic nitrogens is 1. The van der Waals surface area contributed by atoms with E-state index in [4.69, 9.17) is 0 Å². The molecule has 0 fully saturated rings. The van der Waals surface area contributed by atoms with Gasteiger partial charge >= 0.3 is 0 Å². The van der Waals surface area contributed by atoms with Gasteiger partial charge in [0, 0.05) is 28.1 Å². The Morgan fingerprint density at radius 2 is 2.17 bits per heavy atom. The van der Waals surface area contributed by atoms with Crippen LogP contribution in [0.25, 0.3) is 0 Å². The van der Waals surface area contributed by atoms with E-state index >= 15 is 0 Å². The molecule has 1 amide bonds. The van der Waals surface area contributed by atoms with Gasteiger partial charge in [-0.3, -0.25) is 9.78 Å². The highest BCUT2D eigenvalue weighted by molar-refractivity contribution is 14.1. The quantitative estimate of drug-likeness (QED) is 0.860. The lowest BCUT2D eigenvalue weighted by Crippen LogP contribution is -2.25. The minimum absolute atomic E-state index is 0.0302. The van der Waals surface area contributed by atoms with Crippen LogP contribution in [-0.4, -0.2) is 17.4 Å². The van der Waals surface area contributed by atoms with Gasteiger partial charge in [-0.25, -0.2) is 0 Å². The Balaban J connectivity index is 1.86. The van der Waals surface area contributed by atoms with E-state index < -0.39 is 0 Å². The van der Waals surface area contributed by atoms with Crippen molar-refractivity contribution < 1.29 is 4.79 Å². The molecule has 0 saturated carbocycles. The van der Waals surface area contributed by atoms with Crippen LogP contribution in [0.5, 0.6) is 0 Å². The van der Waals surface area contributed by atoms with E-state index in [1.165, 1.54) is 0 Å². The van der Waals surface area contributed by atoms with Gasteiger partial charge in [0.25, 0.3) is 5.91 Å². The smallest absolute Gasteiger partial charge is 0.251 e. The van der Waals surface area contributed by atoms with Gasteiger partial charge in [0.15, 0.2) is 0 Å². The first-order valence-electron chi connectivity index (χ1n) is 5.68. The lowest BCUT2D eigenvalue weighted by atomic mass is 10.2. The highest BCUT2D eigenvalue weighted by Crippen LogP contribution is 2.07. The topological polar surface area (TPSA) is 42.0 Å². The van der Waals surface area contributed by atoms with E-state index in [1.54, 1.807) is 6.20 Å². The molecule has 0 spiro atoms. The molecule has 2 aromatic rings. The van der Waals surface area contributed by atoms with Gasteiger partial charge in [-0.2, -0.15) is 0 Å². The fourth-order valence-electron chi connectivity index (χ4n) is 1.60. The molecule has 1 aromatic carbocycles. The van der Waals surface area contributed by atoms with Gasteiger partial charge in [0.2, 0.25) is 0 Å². The average molecular weight is 352 g/mol. The maximum absolute atomic E-state index is 11.9. The van der Waals surface area contributed by atoms with Crippen LogP contribution in [0.2, 0.25) is 0 Å². The van der Waals surface area contributed by atoms with Gasteiger partial charge in [-0.15, -0.1) is 0 Å². The summed E-state index contributed by atoms with van der Waals surface area (Å²) in [5.74, 6) is -0.0302. The number of pyridine rings is 1. The predicted molar refractivity (Wildman–Crippen MR) is 79.4 cm³/mol. The summed E-state index contributed by atoms with van der Waals surface area (Å²) in [7, 11) is 0. The molecule has 0 saturated heterocycles. The Hall–Kier alpha value is -1.43. The van der Waals surface area contributed by atoms with E-state index in [0.29, 0.717) is 12.1 Å². The third-order valence-corrected chi connectivity index (χ3v) is 3.18. The molecular formula is C14H13IN2O. The molecule has 92 valence electrons. The SMILES string of the molecule is O=C(NCCc1cccnc1)c1cccc(I)c1. The Morgan fingerprint density at radius 3 is 2.89 bits per heavy atom. The number of amides is 1. The molecule has 0 atom stereocenters. The van der Waals surface area contributed by atoms with Crippen molar-refractivity contribution in [3.05, 3.63) is 63.5 Å². The molecule has 1 aromatic heterocycles. The summed E-state index contributed by atoms with van der Waals surface area (Å²) in [5.41, 5.74) is 1.83. The molecule has 0 aliphatic heterocycles. The predicted octanol–water partition coefficient (Wildman–Crippen LogP) is 2.66. The molecular weight excluding hydrogens is 339 g/mol. The van der Waals surface area contributed by atoms with Crippen LogP contribution in [0.15, 0.2) is 48.8 Å². The molecule has 1 N–H and O–H groups in total. The summed E-state index contributed by atoms with van der Waals surface area (Å²) >= 11 is 2.20. The van der Waals surface area contributed by atoms with Crippen LogP contribution in [0.4, 0.5) is 0 Å². The number of benzene rings is 1. The second-order valence-electron chi connectivity index (χ2n) is 3.88. The monoisotopic (exact) mass is 352 g/mol. The molecule has 4 heteroatoms. The largest absolute Gasteiger partial charge is 0.352 e. The number of hydrogen-bond acceptors (Lipinski definition) is 2. The van der Waals surface area contributed by atoms with E-state index in [0.717, 1.165) is 15.6 Å². The van der Waals surface area contributed by atoms with Crippen molar-refractivity contribution in [3.63, 3.8) is 0 Å². The first kappa shape index (κ1) is 13.0. The van der Waals surface area contributed by atoms with Crippen LogP contribution in [0, 0.1) is 3.57 Å². The molecule has 0 aliphatic rings. The number of rotatable bonds is 4. The normalized spacial score (nSPS) is 10.1. The number of carbonyl (C=O) groups excluding carboxylic acids is 1. The van der Waals surface area contributed by atoms with Crippen LogP contribution in [0.3, 0.4) is 0 Å². The second kappa shape index (κ2) is 6.49. The van der Waals surface area contributed by atoms with E-state index in [2.05, 4.69) is 32.9 Å². The zero-order valence-corrected chi connectivity index (χ0v) is 11.9. The number of carbonyl (C=O) groups is 1. The minimum Gasteiger partial charge on any atom is -0.352 e. The molecule has 0 bridgehead atoms. The summed E-state index contributed by atoms with van der Waals surface area (Å²) < 4.78 is 1.06. The van der Waals surface area contributed by atoms with E-state index in [9.17, 15) is 4.79 Å². The van der Waals surface area contributed by atoms with Crippen LogP contribution in [0.1, 0.15) is 15.9 Å². The van der Waals surface area contributed by atoms with E-state index in [1.807, 2.05) is 42.6 Å². The van der Waals surface area contributed by atoms with E-state index in [-0.39, 0.29) is 5.91 Å². The fourth-order valence-corrected chi connectivity index (χ4v) is 2.14. The third-order valence-electron chi connectivity index (χ3n) is 2.51. The standard InChI is InChI=1S/C14H13IN2O/c15-13-5-1-4-12(9-13)14(18)17-8-6-11-3-2-7-16-10-11/h1-5,7,9-10H,6,8H2,(H,17,18). The summed E-state index contributed by atoms with van der Waals surface area (Å²) in [4.78, 5) is 15.9. The van der Waals surface area contributed by atoms with Gasteiger partial charge in [-0.05, 0) is 58.8 Å². The third kappa shape index (κ3) is 3.80. The Labute approximate surface area is 120 Å². The number of nitrogens with one attached hydrogen (secondary N) is 1. The molecule has 1 heterocycles. The zero-order chi connectivity index (χ0) is 12.8. The molecule has 0 radical (unpaired) electrons. The molecule has 18 heavy (non-hydrogen) atoms. The summed E-state index contributed by atoms with van der Waals surface area (Å²) in [6.45, 7) is 0.621. The summed E-state index contributed by atoms with van der Waals surface area (Å²) in [5, 5.41) is 2.90. The first-order valence-corrected chi connectivity index (χ1v) is 6.76. The molecule has 3 nitrogen and oxygen atoms in total. The molecule has 0 unspecified atom stereocenters. The van der Waals surface area contributed by atoms with Gasteiger partial charge < -0.3 is 5.32 Å². The van der Waals surface area contributed by atoms with Crippen molar-refractivity contribution in [2.45, 2.75) is 6.42 Å². The van der Waals surface area contributed by atoms with Gasteiger partial charge in [-0.1, -0.05) is 12.1 Å². The van der Waals surface area contributed by atoms with Crippen molar-refractivity contribution in [3.8, 4) is 0 Å². The number of nitrogens with zero attached hydrogens (tertiary/aromatic N) is 1. The highest BCUT2D eigenvalue weighted by Gasteiger charge is 2.04. The van der Waals surface area contributed by atoms with Crippen molar-refractivity contribution in [2.75, 3.05) is 6.54 Å². The average Bonchev–Trinajstić information content (AvgIpc) is 2.40. The van der Waals surface area contributed by atoms with Crippen LogP contribution in [-0.2, 0) is 6.42 Å². The highest BCUT2D eigenvalue weighted by atomic mass is 127. The van der Waals surface area contributed by atoms with Crippen molar-refractivity contribution >= 4 is 28.5 Å². The molecule has 2 rings (SSSR count). The van der Waals surface area contributed by atoms with Crippen LogP contribution < -0.4 is 5.32 Å². The second-order valence-corrected chi connectivity index (χ2v) is 5.12. The number of halogens is 1. The minimum atomic E-state index is -0.0302. The lowest BCUT2D eigenvalue weighted by Gasteiger charge is -2.05. The van der Waals surface area contributed by atoms with Gasteiger partial charge in [0.1, 0.15) is 0 Å². The van der Waals surface area contributed by atoms with Crippen molar-refractivity contribution in [1.29, 1.82) is 0 Å². The lowest BCUT2D eigenvalue weighted by molar-refractivity contribution is 0.0954.